The van der Waals surface area contributed by atoms with Gasteiger partial charge < -0.3 is 15.4 Å². The van der Waals surface area contributed by atoms with E-state index in [9.17, 15) is 12.8 Å². The Morgan fingerprint density at radius 3 is 2.64 bits per heavy atom. The standard InChI is InChI=1S/C28H26FN5O3S2/c1-39(35,36)12-11-30-16-27-31-15-26(38-27)20-5-10-24-25(14-20)32-18-33-28(24)34-22-6-8-23(9-7-22)37-17-19-3-2-4-21(29)13-19/h2-10,13-15,18,30H,11-12,16-17H2,1H3,(H,32,33,34). The lowest BCUT2D eigenvalue weighted by Crippen LogP contribution is -2.21. The van der Waals surface area contributed by atoms with Gasteiger partial charge in [0.2, 0.25) is 0 Å². The second-order valence-corrected chi connectivity index (χ2v) is 12.3. The summed E-state index contributed by atoms with van der Waals surface area (Å²) in [6, 6.07) is 19.8. The Kier molecular flexibility index (Phi) is 8.10. The van der Waals surface area contributed by atoms with E-state index in [1.165, 1.54) is 24.7 Å². The summed E-state index contributed by atoms with van der Waals surface area (Å²) in [7, 11) is -2.99. The number of hydrogen-bond acceptors (Lipinski definition) is 9. The molecular formula is C28H26FN5O3S2. The lowest BCUT2D eigenvalue weighted by atomic mass is 10.1. The van der Waals surface area contributed by atoms with Gasteiger partial charge in [-0.15, -0.1) is 11.3 Å². The lowest BCUT2D eigenvalue weighted by Gasteiger charge is -2.11. The van der Waals surface area contributed by atoms with Crippen LogP contribution < -0.4 is 15.4 Å². The third kappa shape index (κ3) is 7.34. The molecule has 3 aromatic carbocycles. The highest BCUT2D eigenvalue weighted by Crippen LogP contribution is 2.31. The lowest BCUT2D eigenvalue weighted by molar-refractivity contribution is 0.305. The summed E-state index contributed by atoms with van der Waals surface area (Å²) in [5, 5.41) is 8.22. The van der Waals surface area contributed by atoms with Crippen LogP contribution in [0.15, 0.2) is 79.3 Å². The molecule has 0 aliphatic carbocycles. The van der Waals surface area contributed by atoms with Crippen molar-refractivity contribution in [3.8, 4) is 16.2 Å². The summed E-state index contributed by atoms with van der Waals surface area (Å²) < 4.78 is 41.7. The topological polar surface area (TPSA) is 106 Å². The van der Waals surface area contributed by atoms with Gasteiger partial charge >= 0.3 is 0 Å². The van der Waals surface area contributed by atoms with Crippen LogP contribution in [-0.2, 0) is 23.0 Å². The molecule has 2 heterocycles. The second-order valence-electron chi connectivity index (χ2n) is 8.95. The van der Waals surface area contributed by atoms with Crippen molar-refractivity contribution in [1.29, 1.82) is 0 Å². The van der Waals surface area contributed by atoms with Gasteiger partial charge in [0, 0.05) is 36.6 Å². The van der Waals surface area contributed by atoms with Crippen LogP contribution in [0.2, 0.25) is 0 Å². The SMILES string of the molecule is CS(=O)(=O)CCNCc1ncc(-c2ccc3c(Nc4ccc(OCc5cccc(F)c5)cc4)ncnc3c2)s1. The summed E-state index contributed by atoms with van der Waals surface area (Å²) in [4.78, 5) is 14.3. The summed E-state index contributed by atoms with van der Waals surface area (Å²) in [6.45, 7) is 1.18. The fourth-order valence-electron chi connectivity index (χ4n) is 3.85. The second kappa shape index (κ2) is 11.9. The van der Waals surface area contributed by atoms with Crippen molar-refractivity contribution in [2.45, 2.75) is 13.2 Å². The number of halogens is 1. The van der Waals surface area contributed by atoms with Crippen molar-refractivity contribution in [3.05, 3.63) is 95.6 Å². The van der Waals surface area contributed by atoms with Gasteiger partial charge in [-0.05, 0) is 59.7 Å². The van der Waals surface area contributed by atoms with E-state index in [2.05, 4.69) is 25.6 Å². The van der Waals surface area contributed by atoms with Crippen molar-refractivity contribution in [3.63, 3.8) is 0 Å². The summed E-state index contributed by atoms with van der Waals surface area (Å²) in [5.74, 6) is 1.17. The summed E-state index contributed by atoms with van der Waals surface area (Å²) in [5.41, 5.74) is 3.39. The Labute approximate surface area is 229 Å². The molecule has 11 heteroatoms. The Balaban J connectivity index is 1.23. The molecule has 8 nitrogen and oxygen atoms in total. The molecule has 5 rings (SSSR count). The molecular weight excluding hydrogens is 537 g/mol. The number of anilines is 2. The minimum absolute atomic E-state index is 0.0977. The zero-order valence-electron chi connectivity index (χ0n) is 21.1. The first kappa shape index (κ1) is 26.7. The van der Waals surface area contributed by atoms with Gasteiger partial charge in [0.15, 0.2) is 0 Å². The number of hydrogen-bond donors (Lipinski definition) is 2. The average molecular weight is 564 g/mol. The Morgan fingerprint density at radius 1 is 1.00 bits per heavy atom. The third-order valence-corrected chi connectivity index (χ3v) is 7.80. The minimum atomic E-state index is -2.99. The molecule has 39 heavy (non-hydrogen) atoms. The maximum atomic E-state index is 13.4. The van der Waals surface area contributed by atoms with E-state index in [1.54, 1.807) is 17.4 Å². The Hall–Kier alpha value is -3.93. The van der Waals surface area contributed by atoms with Crippen molar-refractivity contribution in [1.82, 2.24) is 20.3 Å². The van der Waals surface area contributed by atoms with Gasteiger partial charge in [-0.2, -0.15) is 0 Å². The number of benzene rings is 3. The summed E-state index contributed by atoms with van der Waals surface area (Å²) in [6.07, 6.45) is 4.57. The van der Waals surface area contributed by atoms with E-state index in [1.807, 2.05) is 54.7 Å². The van der Waals surface area contributed by atoms with Gasteiger partial charge in [0.05, 0.1) is 16.1 Å². The van der Waals surface area contributed by atoms with Crippen molar-refractivity contribution in [2.24, 2.45) is 0 Å². The third-order valence-electron chi connectivity index (χ3n) is 5.81. The highest BCUT2D eigenvalue weighted by atomic mass is 32.2. The molecule has 0 spiro atoms. The number of nitrogens with zero attached hydrogens (tertiary/aromatic N) is 3. The number of rotatable bonds is 11. The molecule has 0 amide bonds. The van der Waals surface area contributed by atoms with Gasteiger partial charge in [-0.3, -0.25) is 0 Å². The predicted molar refractivity (Wildman–Crippen MR) is 153 cm³/mol. The van der Waals surface area contributed by atoms with Crippen LogP contribution in [0.25, 0.3) is 21.3 Å². The van der Waals surface area contributed by atoms with Gasteiger partial charge in [-0.1, -0.05) is 18.2 Å². The van der Waals surface area contributed by atoms with Crippen molar-refractivity contribution in [2.75, 3.05) is 23.9 Å². The van der Waals surface area contributed by atoms with Crippen LogP contribution in [0.4, 0.5) is 15.9 Å². The van der Waals surface area contributed by atoms with Gasteiger partial charge in [-0.25, -0.2) is 27.8 Å². The Morgan fingerprint density at radius 2 is 1.85 bits per heavy atom. The highest BCUT2D eigenvalue weighted by molar-refractivity contribution is 7.90. The monoisotopic (exact) mass is 563 g/mol. The smallest absolute Gasteiger partial charge is 0.148 e. The molecule has 0 unspecified atom stereocenters. The minimum Gasteiger partial charge on any atom is -0.489 e. The molecule has 0 atom stereocenters. The molecule has 2 aromatic heterocycles. The molecule has 0 radical (unpaired) electrons. The van der Waals surface area contributed by atoms with Crippen molar-refractivity contribution < 1.29 is 17.5 Å². The number of ether oxygens (including phenoxy) is 1. The molecule has 2 N–H and O–H groups in total. The molecule has 5 aromatic rings. The van der Waals surface area contributed by atoms with Crippen molar-refractivity contribution >= 4 is 43.6 Å². The predicted octanol–water partition coefficient (Wildman–Crippen LogP) is 5.35. The largest absolute Gasteiger partial charge is 0.489 e. The first-order chi connectivity index (χ1) is 18.8. The average Bonchev–Trinajstić information content (AvgIpc) is 3.39. The Bertz CT molecular complexity index is 1690. The van der Waals surface area contributed by atoms with E-state index >= 15 is 0 Å². The van der Waals surface area contributed by atoms with Crippen LogP contribution in [0.5, 0.6) is 5.75 Å². The normalized spacial score (nSPS) is 11.5. The first-order valence-corrected chi connectivity index (χ1v) is 15.0. The maximum absolute atomic E-state index is 13.4. The quantitative estimate of drug-likeness (QED) is 0.207. The molecule has 0 saturated heterocycles. The van der Waals surface area contributed by atoms with Crippen LogP contribution in [0.3, 0.4) is 0 Å². The van der Waals surface area contributed by atoms with E-state index in [0.29, 0.717) is 24.7 Å². The van der Waals surface area contributed by atoms with E-state index < -0.39 is 9.84 Å². The van der Waals surface area contributed by atoms with E-state index in [4.69, 9.17) is 4.74 Å². The summed E-state index contributed by atoms with van der Waals surface area (Å²) >= 11 is 1.55. The van der Waals surface area contributed by atoms with Crippen LogP contribution in [0.1, 0.15) is 10.6 Å². The first-order valence-electron chi connectivity index (χ1n) is 12.1. The van der Waals surface area contributed by atoms with Crippen LogP contribution in [0, 0.1) is 5.82 Å². The molecule has 0 aliphatic rings. The highest BCUT2D eigenvalue weighted by Gasteiger charge is 2.10. The van der Waals surface area contributed by atoms with Gasteiger partial charge in [0.1, 0.15) is 45.2 Å². The van der Waals surface area contributed by atoms with Crippen LogP contribution >= 0.6 is 11.3 Å². The van der Waals surface area contributed by atoms with E-state index in [-0.39, 0.29) is 18.2 Å². The zero-order chi connectivity index (χ0) is 27.2. The number of thiazole rings is 1. The van der Waals surface area contributed by atoms with E-state index in [0.717, 1.165) is 37.6 Å². The number of sulfone groups is 1. The van der Waals surface area contributed by atoms with Crippen LogP contribution in [-0.4, -0.2) is 41.9 Å². The molecule has 0 bridgehead atoms. The van der Waals surface area contributed by atoms with Gasteiger partial charge in [0.25, 0.3) is 0 Å². The number of nitrogens with one attached hydrogen (secondary N) is 2. The number of fused-ring (bicyclic) bond motifs is 1. The molecule has 200 valence electrons. The molecule has 0 saturated carbocycles. The molecule has 0 aliphatic heterocycles. The fraction of sp³-hybridized carbons (Fsp3) is 0.179. The maximum Gasteiger partial charge on any atom is 0.148 e. The fourth-order valence-corrected chi connectivity index (χ4v) is 5.25. The zero-order valence-corrected chi connectivity index (χ0v) is 22.7. The molecule has 0 fully saturated rings. The number of aromatic nitrogens is 3.